The molecule has 0 aromatic rings. The van der Waals surface area contributed by atoms with Crippen LogP contribution in [-0.4, -0.2) is 0 Å². The molecule has 2 rings (SSSR count). The third-order valence-corrected chi connectivity index (χ3v) is 2.76. The molecule has 1 fully saturated rings. The molecule has 0 unspecified atom stereocenters. The first-order chi connectivity index (χ1) is 4.34. The van der Waals surface area contributed by atoms with Crippen LogP contribution in [0.5, 0.6) is 0 Å². The van der Waals surface area contributed by atoms with Gasteiger partial charge in [0.05, 0.1) is 0 Å². The Morgan fingerprint density at radius 3 is 3.11 bits per heavy atom. The van der Waals surface area contributed by atoms with E-state index >= 15 is 0 Å². The van der Waals surface area contributed by atoms with Gasteiger partial charge in [-0.2, -0.15) is 0 Å². The maximum atomic E-state index is 5.91. The molecule has 1 heteroatoms. The molecule has 2 atom stereocenters. The Morgan fingerprint density at radius 2 is 2.33 bits per heavy atom. The topological polar surface area (TPSA) is 0 Å². The van der Waals surface area contributed by atoms with Crippen LogP contribution in [-0.2, 0) is 0 Å². The maximum Gasteiger partial charge on any atom is 0.0146 e. The van der Waals surface area contributed by atoms with Gasteiger partial charge in [0.25, 0.3) is 0 Å². The normalized spacial score (nSPS) is 40.8. The van der Waals surface area contributed by atoms with E-state index in [0.717, 1.165) is 23.3 Å². The minimum Gasteiger partial charge on any atom is -0.0895 e. The Bertz CT molecular complexity index is 149. The van der Waals surface area contributed by atoms with Gasteiger partial charge in [-0.05, 0) is 37.5 Å². The van der Waals surface area contributed by atoms with Crippen LogP contribution in [0.25, 0.3) is 0 Å². The molecule has 0 amide bonds. The molecule has 2 aliphatic rings. The van der Waals surface area contributed by atoms with Crippen LogP contribution in [0, 0.1) is 11.8 Å². The highest BCUT2D eigenvalue weighted by atomic mass is 35.5. The Kier molecular flexibility index (Phi) is 1.30. The highest BCUT2D eigenvalue weighted by Crippen LogP contribution is 2.41. The molecule has 0 N–H and O–H groups in total. The van der Waals surface area contributed by atoms with E-state index in [0.29, 0.717) is 0 Å². The lowest BCUT2D eigenvalue weighted by atomic mass is 9.96. The van der Waals surface area contributed by atoms with Crippen molar-refractivity contribution in [3.8, 4) is 0 Å². The van der Waals surface area contributed by atoms with Crippen molar-refractivity contribution >= 4 is 11.6 Å². The van der Waals surface area contributed by atoms with Gasteiger partial charge in [-0.3, -0.25) is 0 Å². The fourth-order valence-corrected chi connectivity index (χ4v) is 2.45. The lowest BCUT2D eigenvalue weighted by Gasteiger charge is -2.14. The zero-order chi connectivity index (χ0) is 6.27. The average Bonchev–Trinajstić information content (AvgIpc) is 2.11. The van der Waals surface area contributed by atoms with Crippen LogP contribution in [0.4, 0.5) is 0 Å². The molecule has 50 valence electrons. The Balaban J connectivity index is 2.19. The first kappa shape index (κ1) is 5.79. The number of hydrogen-bond acceptors (Lipinski definition) is 0. The predicted octanol–water partition coefficient (Wildman–Crippen LogP) is 2.93. The second-order valence-corrected chi connectivity index (χ2v) is 3.74. The van der Waals surface area contributed by atoms with Gasteiger partial charge in [0.1, 0.15) is 0 Å². The highest BCUT2D eigenvalue weighted by Gasteiger charge is 2.27. The van der Waals surface area contributed by atoms with E-state index in [1.54, 1.807) is 0 Å². The molecule has 0 aliphatic heterocycles. The van der Waals surface area contributed by atoms with E-state index in [9.17, 15) is 0 Å². The first-order valence-electron chi connectivity index (χ1n) is 3.71. The molecule has 1 saturated carbocycles. The van der Waals surface area contributed by atoms with Crippen molar-refractivity contribution < 1.29 is 0 Å². The van der Waals surface area contributed by atoms with Gasteiger partial charge >= 0.3 is 0 Å². The monoisotopic (exact) mass is 142 g/mol. The standard InChI is InChI=1S/C8H11Cl/c9-8-4-6-1-2-7(3-6)5-8/h4,6-7H,1-3,5H2/t6-,7+/m1/s1. The van der Waals surface area contributed by atoms with E-state index in [2.05, 4.69) is 6.08 Å². The largest absolute Gasteiger partial charge is 0.0895 e. The number of fused-ring (bicyclic) bond motifs is 2. The fourth-order valence-electron chi connectivity index (χ4n) is 2.05. The predicted molar refractivity (Wildman–Crippen MR) is 39.4 cm³/mol. The molecule has 0 radical (unpaired) electrons. The molecule has 0 nitrogen and oxygen atoms in total. The van der Waals surface area contributed by atoms with Gasteiger partial charge in [0.2, 0.25) is 0 Å². The van der Waals surface area contributed by atoms with Gasteiger partial charge in [-0.15, -0.1) is 0 Å². The minimum absolute atomic E-state index is 0.844. The minimum atomic E-state index is 0.844. The first-order valence-corrected chi connectivity index (χ1v) is 4.08. The van der Waals surface area contributed by atoms with Gasteiger partial charge in [-0.1, -0.05) is 17.7 Å². The van der Waals surface area contributed by atoms with Crippen LogP contribution in [0.15, 0.2) is 11.1 Å². The third kappa shape index (κ3) is 1.01. The summed E-state index contributed by atoms with van der Waals surface area (Å²) < 4.78 is 0. The Morgan fingerprint density at radius 1 is 1.44 bits per heavy atom. The van der Waals surface area contributed by atoms with E-state index < -0.39 is 0 Å². The van der Waals surface area contributed by atoms with E-state index in [1.165, 1.54) is 19.3 Å². The van der Waals surface area contributed by atoms with Crippen molar-refractivity contribution in [2.24, 2.45) is 11.8 Å². The fraction of sp³-hybridized carbons (Fsp3) is 0.750. The van der Waals surface area contributed by atoms with Crippen LogP contribution >= 0.6 is 11.6 Å². The molecule has 0 spiro atoms. The van der Waals surface area contributed by atoms with Gasteiger partial charge < -0.3 is 0 Å². The molecule has 9 heavy (non-hydrogen) atoms. The van der Waals surface area contributed by atoms with Crippen molar-refractivity contribution in [3.63, 3.8) is 0 Å². The molecule has 0 aromatic carbocycles. The summed E-state index contributed by atoms with van der Waals surface area (Å²) in [5.74, 6) is 1.78. The summed E-state index contributed by atoms with van der Waals surface area (Å²) in [5, 5.41) is 1.12. The summed E-state index contributed by atoms with van der Waals surface area (Å²) in [6.45, 7) is 0. The van der Waals surface area contributed by atoms with Crippen molar-refractivity contribution in [2.75, 3.05) is 0 Å². The Hall–Kier alpha value is 0.0300. The lowest BCUT2D eigenvalue weighted by molar-refractivity contribution is 0.514. The summed E-state index contributed by atoms with van der Waals surface area (Å²) in [4.78, 5) is 0. The van der Waals surface area contributed by atoms with Gasteiger partial charge in [0, 0.05) is 5.03 Å². The maximum absolute atomic E-state index is 5.91. The quantitative estimate of drug-likeness (QED) is 0.488. The molecular formula is C8H11Cl. The molecule has 0 saturated heterocycles. The van der Waals surface area contributed by atoms with Crippen LogP contribution in [0.3, 0.4) is 0 Å². The average molecular weight is 143 g/mol. The van der Waals surface area contributed by atoms with Crippen LogP contribution < -0.4 is 0 Å². The molecule has 2 aliphatic carbocycles. The molecule has 0 heterocycles. The molecule has 0 aromatic heterocycles. The van der Waals surface area contributed by atoms with Crippen molar-refractivity contribution in [1.82, 2.24) is 0 Å². The zero-order valence-corrected chi connectivity index (χ0v) is 6.19. The highest BCUT2D eigenvalue weighted by molar-refractivity contribution is 6.29. The summed E-state index contributed by atoms with van der Waals surface area (Å²) in [6, 6.07) is 0. The van der Waals surface area contributed by atoms with Crippen molar-refractivity contribution in [3.05, 3.63) is 11.1 Å². The van der Waals surface area contributed by atoms with Gasteiger partial charge in [-0.25, -0.2) is 0 Å². The smallest absolute Gasteiger partial charge is 0.0146 e. The summed E-state index contributed by atoms with van der Waals surface area (Å²) in [6.07, 6.45) is 7.64. The van der Waals surface area contributed by atoms with Crippen LogP contribution in [0.1, 0.15) is 25.7 Å². The SMILES string of the molecule is ClC1=C[C@@H]2CC[C@H](C1)C2. The van der Waals surface area contributed by atoms with E-state index in [1.807, 2.05) is 0 Å². The number of rotatable bonds is 0. The van der Waals surface area contributed by atoms with Crippen molar-refractivity contribution in [1.29, 1.82) is 0 Å². The summed E-state index contributed by atoms with van der Waals surface area (Å²) in [7, 11) is 0. The summed E-state index contributed by atoms with van der Waals surface area (Å²) >= 11 is 5.91. The molecular weight excluding hydrogens is 132 g/mol. The number of hydrogen-bond donors (Lipinski definition) is 0. The number of allylic oxidation sites excluding steroid dienone is 2. The van der Waals surface area contributed by atoms with Crippen molar-refractivity contribution in [2.45, 2.75) is 25.7 Å². The zero-order valence-electron chi connectivity index (χ0n) is 5.44. The van der Waals surface area contributed by atoms with Gasteiger partial charge in [0.15, 0.2) is 0 Å². The second kappa shape index (κ2) is 2.02. The summed E-state index contributed by atoms with van der Waals surface area (Å²) in [5.41, 5.74) is 0. The van der Waals surface area contributed by atoms with Crippen LogP contribution in [0.2, 0.25) is 0 Å². The molecule has 2 bridgehead atoms. The van der Waals surface area contributed by atoms with E-state index in [4.69, 9.17) is 11.6 Å². The second-order valence-electron chi connectivity index (χ2n) is 3.26. The lowest BCUT2D eigenvalue weighted by Crippen LogP contribution is -2.00. The number of halogens is 1. The Labute approximate surface area is 60.9 Å². The van der Waals surface area contributed by atoms with E-state index in [-0.39, 0.29) is 0 Å². The third-order valence-electron chi connectivity index (χ3n) is 2.48.